The number of anilines is 1. The molecule has 6 heterocycles. The molecule has 0 bridgehead atoms. The summed E-state index contributed by atoms with van der Waals surface area (Å²) in [6.07, 6.45) is 11.8. The van der Waals surface area contributed by atoms with Crippen LogP contribution in [0.1, 0.15) is 19.3 Å². The van der Waals surface area contributed by atoms with Gasteiger partial charge in [-0.1, -0.05) is 12.5 Å². The lowest BCUT2D eigenvalue weighted by molar-refractivity contribution is -0.122. The van der Waals surface area contributed by atoms with Crippen LogP contribution in [0.2, 0.25) is 0 Å². The molecule has 9 heteroatoms. The minimum absolute atomic E-state index is 0.0641. The van der Waals surface area contributed by atoms with Gasteiger partial charge in [0.1, 0.15) is 5.69 Å². The fourth-order valence-corrected chi connectivity index (χ4v) is 4.74. The van der Waals surface area contributed by atoms with E-state index in [0.29, 0.717) is 11.3 Å². The first kappa shape index (κ1) is 21.4. The van der Waals surface area contributed by atoms with Gasteiger partial charge in [-0.2, -0.15) is 5.10 Å². The number of nitrogens with zero attached hydrogens (tertiary/aromatic N) is 5. The highest BCUT2D eigenvalue weighted by atomic mass is 16.1. The van der Waals surface area contributed by atoms with Gasteiger partial charge in [0.05, 0.1) is 29.0 Å². The Morgan fingerprint density at radius 1 is 0.892 bits per heavy atom. The zero-order valence-electron chi connectivity index (χ0n) is 19.8. The molecule has 1 aliphatic carbocycles. The maximum Gasteiger partial charge on any atom is 0.227 e. The molecule has 6 aromatic heterocycles. The molecule has 0 aromatic carbocycles. The van der Waals surface area contributed by atoms with Crippen molar-refractivity contribution in [1.82, 2.24) is 35.1 Å². The van der Waals surface area contributed by atoms with Gasteiger partial charge >= 0.3 is 0 Å². The molecule has 1 saturated carbocycles. The van der Waals surface area contributed by atoms with Gasteiger partial charge in [0.15, 0.2) is 5.65 Å². The molecule has 0 saturated heterocycles. The van der Waals surface area contributed by atoms with Crippen molar-refractivity contribution in [2.45, 2.75) is 19.3 Å². The van der Waals surface area contributed by atoms with Crippen LogP contribution in [0.3, 0.4) is 0 Å². The number of hydrogen-bond donors (Lipinski definition) is 3. The summed E-state index contributed by atoms with van der Waals surface area (Å²) in [6, 6.07) is 13.8. The number of amides is 1. The average Bonchev–Trinajstić information content (AvgIpc) is 3.52. The number of aromatic amines is 2. The van der Waals surface area contributed by atoms with E-state index in [1.54, 1.807) is 31.0 Å². The second-order valence-electron chi connectivity index (χ2n) is 9.29. The third-order valence-electron chi connectivity index (χ3n) is 6.94. The lowest BCUT2D eigenvalue weighted by Crippen LogP contribution is -2.28. The van der Waals surface area contributed by atoms with Gasteiger partial charge in [-0.25, -0.2) is 4.98 Å². The molecule has 1 aliphatic rings. The van der Waals surface area contributed by atoms with Gasteiger partial charge in [0.2, 0.25) is 5.91 Å². The lowest BCUT2D eigenvalue weighted by Gasteiger charge is -2.24. The van der Waals surface area contributed by atoms with Gasteiger partial charge in [-0.05, 0) is 49.2 Å². The minimum atomic E-state index is 0.0641. The molecule has 9 nitrogen and oxygen atoms in total. The van der Waals surface area contributed by atoms with E-state index >= 15 is 0 Å². The van der Waals surface area contributed by atoms with Crippen molar-refractivity contribution in [2.75, 3.05) is 5.32 Å². The van der Waals surface area contributed by atoms with Crippen molar-refractivity contribution in [1.29, 1.82) is 0 Å². The molecular weight excluding hydrogens is 464 g/mol. The van der Waals surface area contributed by atoms with Crippen LogP contribution in [0, 0.1) is 5.92 Å². The predicted molar refractivity (Wildman–Crippen MR) is 141 cm³/mol. The fourth-order valence-electron chi connectivity index (χ4n) is 4.74. The first-order chi connectivity index (χ1) is 18.2. The number of aromatic nitrogens is 7. The molecule has 37 heavy (non-hydrogen) atoms. The summed E-state index contributed by atoms with van der Waals surface area (Å²) in [5.74, 6) is 0.175. The molecule has 180 valence electrons. The van der Waals surface area contributed by atoms with Crippen LogP contribution in [0.4, 0.5) is 5.69 Å². The normalized spacial score (nSPS) is 13.6. The Bertz CT molecular complexity index is 1770. The van der Waals surface area contributed by atoms with Gasteiger partial charge in [-0.3, -0.25) is 24.8 Å². The number of hydrogen-bond acceptors (Lipinski definition) is 6. The second-order valence-corrected chi connectivity index (χ2v) is 9.29. The zero-order valence-corrected chi connectivity index (χ0v) is 19.8. The van der Waals surface area contributed by atoms with Crippen molar-refractivity contribution in [3.8, 4) is 33.9 Å². The first-order valence-electron chi connectivity index (χ1n) is 12.2. The molecule has 6 aromatic rings. The highest BCUT2D eigenvalue weighted by Gasteiger charge is 2.25. The Balaban J connectivity index is 1.26. The molecule has 3 N–H and O–H groups in total. The zero-order chi connectivity index (χ0) is 24.8. The molecule has 1 fully saturated rings. The Kier molecular flexibility index (Phi) is 4.99. The molecular formula is C28H22N8O. The number of pyridine rings is 4. The standard InChI is InChI=1S/C28H22N8O/c37-28(16-4-3-5-16)33-19-10-17(13-29-15-19)18-11-21-26(35-36-27(21)32-14-18)24-12-20-22(34-24)7-9-31-25(20)23-6-1-2-8-30-23/h1-2,6-16,34H,3-5H2,(H,33,37)(H,32,35,36). The van der Waals surface area contributed by atoms with Crippen LogP contribution >= 0.6 is 0 Å². The molecule has 0 radical (unpaired) electrons. The number of fused-ring (bicyclic) bond motifs is 2. The van der Waals surface area contributed by atoms with Crippen LogP contribution in [0.15, 0.2) is 73.4 Å². The summed E-state index contributed by atoms with van der Waals surface area (Å²) in [7, 11) is 0. The molecule has 0 atom stereocenters. The minimum Gasteiger partial charge on any atom is -0.353 e. The fraction of sp³-hybridized carbons (Fsp3) is 0.143. The van der Waals surface area contributed by atoms with E-state index in [-0.39, 0.29) is 11.8 Å². The third kappa shape index (κ3) is 3.81. The summed E-state index contributed by atoms with van der Waals surface area (Å²) in [6.45, 7) is 0. The largest absolute Gasteiger partial charge is 0.353 e. The Morgan fingerprint density at radius 2 is 1.81 bits per heavy atom. The van der Waals surface area contributed by atoms with Gasteiger partial charge in [-0.15, -0.1) is 0 Å². The van der Waals surface area contributed by atoms with Crippen molar-refractivity contribution in [3.05, 3.63) is 73.4 Å². The quantitative estimate of drug-likeness (QED) is 0.301. The van der Waals surface area contributed by atoms with Crippen LogP contribution in [-0.4, -0.2) is 41.0 Å². The number of carbonyl (C=O) groups excluding carboxylic acids is 1. The van der Waals surface area contributed by atoms with E-state index in [4.69, 9.17) is 0 Å². The Morgan fingerprint density at radius 3 is 2.65 bits per heavy atom. The van der Waals surface area contributed by atoms with E-state index in [0.717, 1.165) is 69.5 Å². The van der Waals surface area contributed by atoms with Gasteiger partial charge in [0.25, 0.3) is 0 Å². The summed E-state index contributed by atoms with van der Waals surface area (Å²) >= 11 is 0. The number of H-pyrrole nitrogens is 2. The van der Waals surface area contributed by atoms with E-state index in [2.05, 4.69) is 40.4 Å². The topological polar surface area (TPSA) is 125 Å². The molecule has 1 amide bonds. The third-order valence-corrected chi connectivity index (χ3v) is 6.94. The van der Waals surface area contributed by atoms with Crippen LogP contribution < -0.4 is 5.32 Å². The highest BCUT2D eigenvalue weighted by Crippen LogP contribution is 2.34. The van der Waals surface area contributed by atoms with E-state index in [1.165, 1.54) is 0 Å². The van der Waals surface area contributed by atoms with E-state index in [1.807, 2.05) is 42.5 Å². The predicted octanol–water partition coefficient (Wildman–Crippen LogP) is 5.36. The van der Waals surface area contributed by atoms with Crippen molar-refractivity contribution < 1.29 is 4.79 Å². The number of rotatable bonds is 5. The summed E-state index contributed by atoms with van der Waals surface area (Å²) in [4.78, 5) is 33.9. The number of carbonyl (C=O) groups is 1. The summed E-state index contributed by atoms with van der Waals surface area (Å²) in [5, 5.41) is 12.4. The average molecular weight is 487 g/mol. The van der Waals surface area contributed by atoms with E-state index in [9.17, 15) is 4.79 Å². The maximum absolute atomic E-state index is 12.4. The Labute approximate surface area is 211 Å². The second kappa shape index (κ2) is 8.63. The Hall–Kier alpha value is -4.92. The van der Waals surface area contributed by atoms with Gasteiger partial charge < -0.3 is 10.3 Å². The van der Waals surface area contributed by atoms with Crippen molar-refractivity contribution in [2.24, 2.45) is 5.92 Å². The maximum atomic E-state index is 12.4. The summed E-state index contributed by atoms with van der Waals surface area (Å²) in [5.41, 5.74) is 7.30. The van der Waals surface area contributed by atoms with Crippen LogP contribution in [-0.2, 0) is 4.79 Å². The van der Waals surface area contributed by atoms with Crippen LogP contribution in [0.25, 0.3) is 55.8 Å². The SMILES string of the molecule is O=C(Nc1cncc(-c2cnc3[nH]nc(-c4cc5c(-c6ccccn6)nccc5[nH]4)c3c2)c1)C1CCC1. The molecule has 0 spiro atoms. The smallest absolute Gasteiger partial charge is 0.227 e. The van der Waals surface area contributed by atoms with Gasteiger partial charge in [0, 0.05) is 58.1 Å². The van der Waals surface area contributed by atoms with Crippen molar-refractivity contribution in [3.63, 3.8) is 0 Å². The van der Waals surface area contributed by atoms with Crippen LogP contribution in [0.5, 0.6) is 0 Å². The van der Waals surface area contributed by atoms with E-state index < -0.39 is 0 Å². The lowest BCUT2D eigenvalue weighted by atomic mass is 9.85. The highest BCUT2D eigenvalue weighted by molar-refractivity contribution is 5.99. The molecule has 0 unspecified atom stereocenters. The molecule has 0 aliphatic heterocycles. The molecule has 7 rings (SSSR count). The number of nitrogens with one attached hydrogen (secondary N) is 3. The summed E-state index contributed by atoms with van der Waals surface area (Å²) < 4.78 is 0. The monoisotopic (exact) mass is 486 g/mol. The van der Waals surface area contributed by atoms with Crippen molar-refractivity contribution >= 4 is 33.5 Å². The first-order valence-corrected chi connectivity index (χ1v) is 12.2.